The second-order valence-electron chi connectivity index (χ2n) is 5.48. The van der Waals surface area contributed by atoms with Gasteiger partial charge in [-0.15, -0.1) is 0 Å². The van der Waals surface area contributed by atoms with E-state index in [9.17, 15) is 4.79 Å². The summed E-state index contributed by atoms with van der Waals surface area (Å²) in [6, 6.07) is 6.24. The van der Waals surface area contributed by atoms with Crippen LogP contribution in [-0.4, -0.2) is 12.5 Å². The van der Waals surface area contributed by atoms with Crippen molar-refractivity contribution in [2.24, 2.45) is 0 Å². The molecule has 1 aromatic rings. The first kappa shape index (κ1) is 11.2. The van der Waals surface area contributed by atoms with Crippen LogP contribution >= 0.6 is 0 Å². The van der Waals surface area contributed by atoms with Crippen LogP contribution in [0.5, 0.6) is 0 Å². The number of rotatable bonds is 0. The van der Waals surface area contributed by atoms with E-state index in [1.807, 2.05) is 6.07 Å². The Balaban J connectivity index is 2.45. The Hall–Kier alpha value is -1.31. The van der Waals surface area contributed by atoms with Gasteiger partial charge in [-0.3, -0.25) is 4.79 Å². The molecule has 0 fully saturated rings. The van der Waals surface area contributed by atoms with Crippen molar-refractivity contribution in [3.63, 3.8) is 0 Å². The average Bonchev–Trinajstić information content (AvgIpc) is 2.39. The number of nitrogens with one attached hydrogen (secondary N) is 1. The van der Waals surface area contributed by atoms with Crippen LogP contribution in [0, 0.1) is 0 Å². The first-order valence-electron chi connectivity index (χ1n) is 5.90. The van der Waals surface area contributed by atoms with Crippen molar-refractivity contribution in [2.45, 2.75) is 39.0 Å². The maximum atomic E-state index is 11.8. The Morgan fingerprint density at radius 2 is 2.00 bits per heavy atom. The fourth-order valence-corrected chi connectivity index (χ4v) is 2.06. The summed E-state index contributed by atoms with van der Waals surface area (Å²) in [5, 5.41) is 2.92. The number of hydrogen-bond donors (Lipinski definition) is 1. The highest BCUT2D eigenvalue weighted by molar-refractivity contribution is 5.96. The predicted molar refractivity (Wildman–Crippen MR) is 65.8 cm³/mol. The fraction of sp³-hybridized carbons (Fsp3) is 0.500. The second-order valence-corrected chi connectivity index (χ2v) is 5.48. The molecule has 86 valence electrons. The molecule has 2 rings (SSSR count). The third-order valence-electron chi connectivity index (χ3n) is 3.12. The number of amides is 1. The van der Waals surface area contributed by atoms with Gasteiger partial charge in [-0.05, 0) is 35.4 Å². The zero-order valence-corrected chi connectivity index (χ0v) is 10.3. The number of benzene rings is 1. The molecular weight excluding hydrogens is 198 g/mol. The lowest BCUT2D eigenvalue weighted by Gasteiger charge is -2.20. The summed E-state index contributed by atoms with van der Waals surface area (Å²) >= 11 is 0. The first-order chi connectivity index (χ1) is 7.48. The molecule has 0 bridgehead atoms. The molecule has 0 aromatic heterocycles. The Morgan fingerprint density at radius 1 is 1.25 bits per heavy atom. The molecule has 1 aliphatic rings. The van der Waals surface area contributed by atoms with Gasteiger partial charge < -0.3 is 5.32 Å². The van der Waals surface area contributed by atoms with E-state index in [0.717, 1.165) is 24.9 Å². The largest absolute Gasteiger partial charge is 0.352 e. The van der Waals surface area contributed by atoms with E-state index in [1.165, 1.54) is 11.1 Å². The normalized spacial score (nSPS) is 16.3. The lowest BCUT2D eigenvalue weighted by Crippen LogP contribution is -2.22. The van der Waals surface area contributed by atoms with Crippen molar-refractivity contribution in [1.29, 1.82) is 0 Å². The number of carbonyl (C=O) groups is 1. The number of fused-ring (bicyclic) bond motifs is 1. The molecule has 0 saturated heterocycles. The van der Waals surface area contributed by atoms with E-state index in [4.69, 9.17) is 0 Å². The van der Waals surface area contributed by atoms with Crippen LogP contribution in [0.1, 0.15) is 48.7 Å². The van der Waals surface area contributed by atoms with Gasteiger partial charge >= 0.3 is 0 Å². The van der Waals surface area contributed by atoms with Crippen LogP contribution in [0.2, 0.25) is 0 Å². The average molecular weight is 217 g/mol. The molecule has 1 heterocycles. The molecule has 0 aliphatic carbocycles. The first-order valence-corrected chi connectivity index (χ1v) is 5.90. The fourth-order valence-electron chi connectivity index (χ4n) is 2.06. The molecule has 1 aromatic carbocycles. The molecule has 1 N–H and O–H groups in total. The molecule has 16 heavy (non-hydrogen) atoms. The minimum absolute atomic E-state index is 0.0768. The van der Waals surface area contributed by atoms with Crippen LogP contribution in [0.4, 0.5) is 0 Å². The summed E-state index contributed by atoms with van der Waals surface area (Å²) < 4.78 is 0. The lowest BCUT2D eigenvalue weighted by molar-refractivity contribution is 0.0956. The summed E-state index contributed by atoms with van der Waals surface area (Å²) in [5.74, 6) is 0.0768. The second kappa shape index (κ2) is 3.93. The van der Waals surface area contributed by atoms with Crippen LogP contribution < -0.4 is 5.32 Å². The molecule has 0 saturated carbocycles. The molecule has 2 heteroatoms. The minimum atomic E-state index is 0.0768. The highest BCUT2D eigenvalue weighted by Crippen LogP contribution is 2.26. The van der Waals surface area contributed by atoms with E-state index in [0.29, 0.717) is 0 Å². The van der Waals surface area contributed by atoms with Gasteiger partial charge in [0.25, 0.3) is 5.91 Å². The highest BCUT2D eigenvalue weighted by Gasteiger charge is 2.19. The van der Waals surface area contributed by atoms with Gasteiger partial charge in [0.15, 0.2) is 0 Å². The van der Waals surface area contributed by atoms with Gasteiger partial charge in [-0.25, -0.2) is 0 Å². The Bertz CT molecular complexity index is 415. The minimum Gasteiger partial charge on any atom is -0.352 e. The van der Waals surface area contributed by atoms with Crippen molar-refractivity contribution in [2.75, 3.05) is 6.54 Å². The third kappa shape index (κ3) is 2.11. The molecule has 0 spiro atoms. The number of aryl methyl sites for hydroxylation is 1. The van der Waals surface area contributed by atoms with E-state index >= 15 is 0 Å². The SMILES string of the molecule is CC(C)(C)c1ccc2c(c1)CCCNC2=O. The maximum Gasteiger partial charge on any atom is 0.251 e. The summed E-state index contributed by atoms with van der Waals surface area (Å²) in [7, 11) is 0. The molecule has 0 radical (unpaired) electrons. The lowest BCUT2D eigenvalue weighted by atomic mass is 9.84. The zero-order valence-electron chi connectivity index (χ0n) is 10.3. The van der Waals surface area contributed by atoms with E-state index < -0.39 is 0 Å². The molecule has 1 amide bonds. The van der Waals surface area contributed by atoms with Gasteiger partial charge in [-0.1, -0.05) is 32.9 Å². The van der Waals surface area contributed by atoms with Crippen LogP contribution in [-0.2, 0) is 11.8 Å². The smallest absolute Gasteiger partial charge is 0.251 e. The zero-order chi connectivity index (χ0) is 11.8. The highest BCUT2D eigenvalue weighted by atomic mass is 16.1. The molecule has 0 atom stereocenters. The van der Waals surface area contributed by atoms with E-state index in [-0.39, 0.29) is 11.3 Å². The summed E-state index contributed by atoms with van der Waals surface area (Å²) in [6.45, 7) is 7.39. The quantitative estimate of drug-likeness (QED) is 0.711. The number of carbonyl (C=O) groups excluding carboxylic acids is 1. The molecule has 0 unspecified atom stereocenters. The Labute approximate surface area is 97.1 Å². The maximum absolute atomic E-state index is 11.8. The monoisotopic (exact) mass is 217 g/mol. The summed E-state index contributed by atoms with van der Waals surface area (Å²) in [5.41, 5.74) is 3.51. The van der Waals surface area contributed by atoms with Crippen molar-refractivity contribution in [3.8, 4) is 0 Å². The third-order valence-corrected chi connectivity index (χ3v) is 3.12. The van der Waals surface area contributed by atoms with Crippen molar-refractivity contribution >= 4 is 5.91 Å². The van der Waals surface area contributed by atoms with Gasteiger partial charge in [0.1, 0.15) is 0 Å². The van der Waals surface area contributed by atoms with Gasteiger partial charge in [-0.2, -0.15) is 0 Å². The molecule has 2 nitrogen and oxygen atoms in total. The van der Waals surface area contributed by atoms with Crippen molar-refractivity contribution in [3.05, 3.63) is 34.9 Å². The van der Waals surface area contributed by atoms with Crippen molar-refractivity contribution < 1.29 is 4.79 Å². The van der Waals surface area contributed by atoms with Gasteiger partial charge in [0, 0.05) is 12.1 Å². The Morgan fingerprint density at radius 3 is 2.69 bits per heavy atom. The standard InChI is InChI=1S/C14H19NO/c1-14(2,3)11-6-7-12-10(9-11)5-4-8-15-13(12)16/h6-7,9H,4-5,8H2,1-3H3,(H,15,16). The van der Waals surface area contributed by atoms with E-state index in [1.54, 1.807) is 0 Å². The van der Waals surface area contributed by atoms with Gasteiger partial charge in [0.2, 0.25) is 0 Å². The molecule has 1 aliphatic heterocycles. The topological polar surface area (TPSA) is 29.1 Å². The number of hydrogen-bond acceptors (Lipinski definition) is 1. The van der Waals surface area contributed by atoms with Crippen LogP contribution in [0.15, 0.2) is 18.2 Å². The van der Waals surface area contributed by atoms with Crippen LogP contribution in [0.3, 0.4) is 0 Å². The van der Waals surface area contributed by atoms with Crippen molar-refractivity contribution in [1.82, 2.24) is 5.32 Å². The van der Waals surface area contributed by atoms with Crippen LogP contribution in [0.25, 0.3) is 0 Å². The van der Waals surface area contributed by atoms with E-state index in [2.05, 4.69) is 38.2 Å². The molecular formula is C14H19NO. The van der Waals surface area contributed by atoms with Gasteiger partial charge in [0.05, 0.1) is 0 Å². The Kier molecular flexibility index (Phi) is 2.75. The predicted octanol–water partition coefficient (Wildman–Crippen LogP) is 2.66. The summed E-state index contributed by atoms with van der Waals surface area (Å²) in [4.78, 5) is 11.8. The summed E-state index contributed by atoms with van der Waals surface area (Å²) in [6.07, 6.45) is 2.03.